The zero-order valence-electron chi connectivity index (χ0n) is 13.0. The second-order valence-electron chi connectivity index (χ2n) is 6.34. The standard InChI is InChI=1S/C17H19ClN2O3/c1-11-6-4-5-9-17(11)15(22)20(16(23)19-17)10-14(21)12-7-2-3-8-13(12)18/h2-3,7-8,11H,4-6,9-10H2,1H3,(H,19,23)/t11-,17+/m0/s1. The van der Waals surface area contributed by atoms with Crippen LogP contribution in [0, 0.1) is 5.92 Å². The third-order valence-electron chi connectivity index (χ3n) is 4.98. The molecule has 3 amide bonds. The molecule has 1 aliphatic carbocycles. The first-order chi connectivity index (χ1) is 11.0. The average molecular weight is 335 g/mol. The quantitative estimate of drug-likeness (QED) is 0.682. The fraction of sp³-hybridized carbons (Fsp3) is 0.471. The second-order valence-corrected chi connectivity index (χ2v) is 6.75. The first kappa shape index (κ1) is 16.0. The van der Waals surface area contributed by atoms with Crippen LogP contribution in [-0.2, 0) is 4.79 Å². The third-order valence-corrected chi connectivity index (χ3v) is 5.31. The molecule has 0 unspecified atom stereocenters. The molecule has 5 nitrogen and oxygen atoms in total. The molecule has 1 aromatic carbocycles. The highest BCUT2D eigenvalue weighted by Gasteiger charge is 2.55. The summed E-state index contributed by atoms with van der Waals surface area (Å²) in [5.74, 6) is -0.539. The molecule has 1 saturated heterocycles. The van der Waals surface area contributed by atoms with Crippen molar-refractivity contribution in [1.82, 2.24) is 10.2 Å². The first-order valence-corrected chi connectivity index (χ1v) is 8.25. The molecule has 122 valence electrons. The Morgan fingerprint density at radius 2 is 2.09 bits per heavy atom. The number of halogens is 1. The van der Waals surface area contributed by atoms with Crippen molar-refractivity contribution in [1.29, 1.82) is 0 Å². The van der Waals surface area contributed by atoms with Crippen molar-refractivity contribution < 1.29 is 14.4 Å². The Morgan fingerprint density at radius 3 is 2.78 bits per heavy atom. The highest BCUT2D eigenvalue weighted by atomic mass is 35.5. The SMILES string of the molecule is C[C@H]1CCCC[C@@]12NC(=O)N(CC(=O)c1ccccc1Cl)C2=O. The maximum atomic E-state index is 12.8. The Kier molecular flexibility index (Phi) is 4.15. The molecule has 0 radical (unpaired) electrons. The Balaban J connectivity index is 1.81. The van der Waals surface area contributed by atoms with Crippen LogP contribution < -0.4 is 5.32 Å². The number of Topliss-reactive ketones (excluding diaryl/α,β-unsaturated/α-hetero) is 1. The molecule has 1 aliphatic heterocycles. The predicted molar refractivity (Wildman–Crippen MR) is 86.4 cm³/mol. The van der Waals surface area contributed by atoms with Crippen molar-refractivity contribution in [3.05, 3.63) is 34.9 Å². The lowest BCUT2D eigenvalue weighted by molar-refractivity contribution is -0.133. The first-order valence-electron chi connectivity index (χ1n) is 7.87. The second kappa shape index (κ2) is 5.96. The van der Waals surface area contributed by atoms with E-state index in [4.69, 9.17) is 11.6 Å². The third kappa shape index (κ3) is 2.63. The number of amides is 3. The molecule has 1 spiro atoms. The number of hydrogen-bond donors (Lipinski definition) is 1. The number of imide groups is 1. The molecule has 23 heavy (non-hydrogen) atoms. The molecular weight excluding hydrogens is 316 g/mol. The van der Waals surface area contributed by atoms with Crippen LogP contribution in [0.5, 0.6) is 0 Å². The lowest BCUT2D eigenvalue weighted by Crippen LogP contribution is -2.54. The summed E-state index contributed by atoms with van der Waals surface area (Å²) in [6.45, 7) is 1.71. The van der Waals surface area contributed by atoms with Crippen LogP contribution in [-0.4, -0.2) is 34.7 Å². The summed E-state index contributed by atoms with van der Waals surface area (Å²) in [5, 5.41) is 3.17. The van der Waals surface area contributed by atoms with Gasteiger partial charge in [0.25, 0.3) is 5.91 Å². The van der Waals surface area contributed by atoms with E-state index in [2.05, 4.69) is 5.32 Å². The van der Waals surface area contributed by atoms with Crippen LogP contribution in [0.4, 0.5) is 4.79 Å². The summed E-state index contributed by atoms with van der Waals surface area (Å²) in [7, 11) is 0. The Morgan fingerprint density at radius 1 is 1.35 bits per heavy atom. The smallest absolute Gasteiger partial charge is 0.323 e. The molecule has 6 heteroatoms. The van der Waals surface area contributed by atoms with E-state index in [0.717, 1.165) is 24.2 Å². The van der Waals surface area contributed by atoms with Crippen LogP contribution in [0.15, 0.2) is 24.3 Å². The maximum absolute atomic E-state index is 12.8. The number of urea groups is 1. The molecule has 1 N–H and O–H groups in total. The van der Waals surface area contributed by atoms with Crippen molar-refractivity contribution in [2.45, 2.75) is 38.1 Å². The normalized spacial score (nSPS) is 27.4. The van der Waals surface area contributed by atoms with Crippen molar-refractivity contribution in [3.8, 4) is 0 Å². The van der Waals surface area contributed by atoms with Gasteiger partial charge < -0.3 is 5.32 Å². The van der Waals surface area contributed by atoms with Gasteiger partial charge in [-0.15, -0.1) is 0 Å². The highest BCUT2D eigenvalue weighted by Crippen LogP contribution is 2.38. The molecule has 0 aromatic heterocycles. The summed E-state index contributed by atoms with van der Waals surface area (Å²) in [6, 6.07) is 6.17. The zero-order chi connectivity index (χ0) is 16.6. The van der Waals surface area contributed by atoms with E-state index >= 15 is 0 Å². The summed E-state index contributed by atoms with van der Waals surface area (Å²) in [6.07, 6.45) is 3.50. The maximum Gasteiger partial charge on any atom is 0.325 e. The van der Waals surface area contributed by atoms with Crippen LogP contribution in [0.3, 0.4) is 0 Å². The molecule has 3 rings (SSSR count). The topological polar surface area (TPSA) is 66.5 Å². The van der Waals surface area contributed by atoms with Gasteiger partial charge >= 0.3 is 6.03 Å². The van der Waals surface area contributed by atoms with Gasteiger partial charge in [-0.2, -0.15) is 0 Å². The van der Waals surface area contributed by atoms with Gasteiger partial charge in [0.1, 0.15) is 5.54 Å². The highest BCUT2D eigenvalue weighted by molar-refractivity contribution is 6.34. The minimum atomic E-state index is -0.837. The Hall–Kier alpha value is -1.88. The van der Waals surface area contributed by atoms with Crippen LogP contribution in [0.1, 0.15) is 43.0 Å². The predicted octanol–water partition coefficient (Wildman–Crippen LogP) is 3.02. The van der Waals surface area contributed by atoms with Crippen molar-refractivity contribution in [2.75, 3.05) is 6.54 Å². The molecule has 2 fully saturated rings. The van der Waals surface area contributed by atoms with E-state index in [9.17, 15) is 14.4 Å². The number of carbonyl (C=O) groups excluding carboxylic acids is 3. The van der Waals surface area contributed by atoms with E-state index in [0.29, 0.717) is 17.0 Å². The fourth-order valence-electron chi connectivity index (χ4n) is 3.56. The van der Waals surface area contributed by atoms with Gasteiger partial charge in [-0.05, 0) is 30.9 Å². The van der Waals surface area contributed by atoms with Crippen LogP contribution >= 0.6 is 11.6 Å². The number of ketones is 1. The van der Waals surface area contributed by atoms with Gasteiger partial charge in [-0.1, -0.05) is 43.5 Å². The van der Waals surface area contributed by atoms with Gasteiger partial charge in [0.15, 0.2) is 5.78 Å². The molecule has 1 aromatic rings. The number of hydrogen-bond acceptors (Lipinski definition) is 3. The molecule has 1 heterocycles. The van der Waals surface area contributed by atoms with Crippen LogP contribution in [0.25, 0.3) is 0 Å². The van der Waals surface area contributed by atoms with Gasteiger partial charge in [0.2, 0.25) is 0 Å². The van der Waals surface area contributed by atoms with Crippen molar-refractivity contribution >= 4 is 29.3 Å². The fourth-order valence-corrected chi connectivity index (χ4v) is 3.80. The van der Waals surface area contributed by atoms with Crippen molar-refractivity contribution in [3.63, 3.8) is 0 Å². The minimum Gasteiger partial charge on any atom is -0.323 e. The number of nitrogens with one attached hydrogen (secondary N) is 1. The lowest BCUT2D eigenvalue weighted by atomic mass is 9.73. The lowest BCUT2D eigenvalue weighted by Gasteiger charge is -2.36. The summed E-state index contributed by atoms with van der Waals surface area (Å²) in [5.41, 5.74) is -0.511. The summed E-state index contributed by atoms with van der Waals surface area (Å²) < 4.78 is 0. The number of rotatable bonds is 3. The molecule has 2 aliphatic rings. The van der Waals surface area contributed by atoms with Gasteiger partial charge in [0.05, 0.1) is 11.6 Å². The van der Waals surface area contributed by atoms with Crippen molar-refractivity contribution in [2.24, 2.45) is 5.92 Å². The van der Waals surface area contributed by atoms with E-state index in [1.54, 1.807) is 24.3 Å². The molecule has 1 saturated carbocycles. The monoisotopic (exact) mass is 334 g/mol. The number of carbonyl (C=O) groups is 3. The Bertz CT molecular complexity index is 676. The summed E-state index contributed by atoms with van der Waals surface area (Å²) in [4.78, 5) is 38.5. The molecule has 2 atom stereocenters. The van der Waals surface area contributed by atoms with Gasteiger partial charge in [0, 0.05) is 5.56 Å². The zero-order valence-corrected chi connectivity index (χ0v) is 13.7. The van der Waals surface area contributed by atoms with E-state index in [1.807, 2.05) is 6.92 Å². The summed E-state index contributed by atoms with van der Waals surface area (Å²) >= 11 is 6.02. The molecule has 0 bridgehead atoms. The van der Waals surface area contributed by atoms with E-state index in [-0.39, 0.29) is 24.2 Å². The van der Waals surface area contributed by atoms with Gasteiger partial charge in [-0.3, -0.25) is 14.5 Å². The molecular formula is C17H19ClN2O3. The minimum absolute atomic E-state index is 0.0770. The Labute approximate surface area is 140 Å². The number of benzene rings is 1. The largest absolute Gasteiger partial charge is 0.325 e. The van der Waals surface area contributed by atoms with Crippen LogP contribution in [0.2, 0.25) is 5.02 Å². The number of nitrogens with zero attached hydrogens (tertiary/aromatic N) is 1. The van der Waals surface area contributed by atoms with E-state index < -0.39 is 11.6 Å². The average Bonchev–Trinajstić information content (AvgIpc) is 2.76. The van der Waals surface area contributed by atoms with Gasteiger partial charge in [-0.25, -0.2) is 4.79 Å². The van der Waals surface area contributed by atoms with E-state index in [1.165, 1.54) is 0 Å².